The van der Waals surface area contributed by atoms with Gasteiger partial charge in [-0.2, -0.15) is 5.26 Å². The predicted molar refractivity (Wildman–Crippen MR) is 72.5 cm³/mol. The topological polar surface area (TPSA) is 61.2 Å². The zero-order chi connectivity index (χ0) is 13.3. The Hall–Kier alpha value is -1.48. The van der Waals surface area contributed by atoms with E-state index in [1.54, 1.807) is 6.20 Å². The van der Waals surface area contributed by atoms with Gasteiger partial charge in [0.05, 0.1) is 13.2 Å². The molecule has 1 fully saturated rings. The highest BCUT2D eigenvalue weighted by Gasteiger charge is 2.08. The van der Waals surface area contributed by atoms with E-state index in [0.29, 0.717) is 5.69 Å². The van der Waals surface area contributed by atoms with E-state index in [1.165, 1.54) is 0 Å². The van der Waals surface area contributed by atoms with E-state index < -0.39 is 0 Å². The zero-order valence-corrected chi connectivity index (χ0v) is 11.1. The van der Waals surface area contributed by atoms with Gasteiger partial charge in [0.2, 0.25) is 0 Å². The maximum Gasteiger partial charge on any atom is 0.140 e. The van der Waals surface area contributed by atoms with Crippen LogP contribution in [0, 0.1) is 11.3 Å². The van der Waals surface area contributed by atoms with Crippen LogP contribution in [0.25, 0.3) is 0 Å². The van der Waals surface area contributed by atoms with Gasteiger partial charge in [-0.1, -0.05) is 0 Å². The summed E-state index contributed by atoms with van der Waals surface area (Å²) >= 11 is 0. The second-order valence-electron chi connectivity index (χ2n) is 4.65. The van der Waals surface area contributed by atoms with Gasteiger partial charge in [0, 0.05) is 25.8 Å². The Morgan fingerprint density at radius 1 is 1.42 bits per heavy atom. The van der Waals surface area contributed by atoms with E-state index in [4.69, 9.17) is 10.00 Å². The molecule has 0 unspecified atom stereocenters. The maximum atomic E-state index is 8.77. The smallest absolute Gasteiger partial charge is 0.140 e. The number of nitriles is 1. The van der Waals surface area contributed by atoms with Gasteiger partial charge >= 0.3 is 0 Å². The number of ether oxygens (including phenoxy) is 1. The van der Waals surface area contributed by atoms with E-state index in [9.17, 15) is 0 Å². The average Bonchev–Trinajstić information content (AvgIpc) is 2.48. The van der Waals surface area contributed by atoms with Crippen molar-refractivity contribution >= 4 is 0 Å². The molecular weight excluding hydrogens is 240 g/mol. The van der Waals surface area contributed by atoms with Crippen molar-refractivity contribution in [3.63, 3.8) is 0 Å². The third-order valence-electron chi connectivity index (χ3n) is 3.20. The third kappa shape index (κ3) is 4.95. The van der Waals surface area contributed by atoms with Crippen molar-refractivity contribution < 1.29 is 4.74 Å². The van der Waals surface area contributed by atoms with Crippen molar-refractivity contribution in [2.24, 2.45) is 0 Å². The van der Waals surface area contributed by atoms with E-state index in [0.717, 1.165) is 57.9 Å². The summed E-state index contributed by atoms with van der Waals surface area (Å²) in [5.74, 6) is 0. The monoisotopic (exact) mass is 260 g/mol. The fourth-order valence-corrected chi connectivity index (χ4v) is 2.13. The second kappa shape index (κ2) is 7.85. The molecule has 0 bridgehead atoms. The zero-order valence-electron chi connectivity index (χ0n) is 11.1. The number of hydrogen-bond donors (Lipinski definition) is 1. The van der Waals surface area contributed by atoms with Crippen molar-refractivity contribution in [1.29, 1.82) is 5.26 Å². The number of rotatable bonds is 6. The number of hydrogen-bond acceptors (Lipinski definition) is 5. The molecule has 0 aromatic carbocycles. The summed E-state index contributed by atoms with van der Waals surface area (Å²) in [6.07, 6.45) is 2.82. The van der Waals surface area contributed by atoms with E-state index in [1.807, 2.05) is 12.1 Å². The molecule has 19 heavy (non-hydrogen) atoms. The lowest BCUT2D eigenvalue weighted by atomic mass is 10.2. The van der Waals surface area contributed by atoms with E-state index >= 15 is 0 Å². The molecule has 0 spiro atoms. The molecule has 0 amide bonds. The molecule has 5 nitrogen and oxygen atoms in total. The van der Waals surface area contributed by atoms with Crippen molar-refractivity contribution in [3.05, 3.63) is 29.6 Å². The summed E-state index contributed by atoms with van der Waals surface area (Å²) in [5.41, 5.74) is 1.59. The maximum absolute atomic E-state index is 8.77. The number of nitrogens with zero attached hydrogens (tertiary/aromatic N) is 3. The van der Waals surface area contributed by atoms with Gasteiger partial charge in [0.25, 0.3) is 0 Å². The van der Waals surface area contributed by atoms with Crippen molar-refractivity contribution in [1.82, 2.24) is 15.2 Å². The molecule has 2 rings (SSSR count). The highest BCUT2D eigenvalue weighted by Crippen LogP contribution is 2.01. The van der Waals surface area contributed by atoms with E-state index in [2.05, 4.69) is 21.3 Å². The van der Waals surface area contributed by atoms with Crippen LogP contribution in [0.4, 0.5) is 0 Å². The Morgan fingerprint density at radius 3 is 3.05 bits per heavy atom. The summed E-state index contributed by atoms with van der Waals surface area (Å²) in [6.45, 7) is 6.73. The first kappa shape index (κ1) is 13.9. The SMILES string of the molecule is N#Cc1cc(CNCCCN2CCOCC2)ccn1. The molecule has 2 heterocycles. The first-order valence-corrected chi connectivity index (χ1v) is 6.74. The second-order valence-corrected chi connectivity index (χ2v) is 4.65. The van der Waals surface area contributed by atoms with Crippen LogP contribution in [0.5, 0.6) is 0 Å². The fraction of sp³-hybridized carbons (Fsp3) is 0.571. The summed E-state index contributed by atoms with van der Waals surface area (Å²) in [7, 11) is 0. The minimum absolute atomic E-state index is 0.479. The Labute approximate surface area is 114 Å². The van der Waals surface area contributed by atoms with Crippen LogP contribution in [0.2, 0.25) is 0 Å². The quantitative estimate of drug-likeness (QED) is 0.765. The molecule has 1 aromatic heterocycles. The minimum atomic E-state index is 0.479. The molecule has 0 radical (unpaired) electrons. The average molecular weight is 260 g/mol. The molecule has 0 atom stereocenters. The molecule has 0 aliphatic carbocycles. The fourth-order valence-electron chi connectivity index (χ4n) is 2.13. The highest BCUT2D eigenvalue weighted by molar-refractivity contribution is 5.25. The van der Waals surface area contributed by atoms with Gasteiger partial charge in [-0.05, 0) is 37.2 Å². The highest BCUT2D eigenvalue weighted by atomic mass is 16.5. The first-order chi connectivity index (χ1) is 9.38. The molecular formula is C14H20N4O. The van der Waals surface area contributed by atoms with Crippen LogP contribution in [-0.4, -0.2) is 49.3 Å². The molecule has 1 aromatic rings. The standard InChI is InChI=1S/C14H20N4O/c15-11-14-10-13(2-4-17-14)12-16-3-1-5-18-6-8-19-9-7-18/h2,4,10,16H,1,3,5-9,12H2. The molecule has 1 saturated heterocycles. The number of morpholine rings is 1. The lowest BCUT2D eigenvalue weighted by Crippen LogP contribution is -2.37. The van der Waals surface area contributed by atoms with Gasteiger partial charge in [-0.25, -0.2) is 4.98 Å². The summed E-state index contributed by atoms with van der Waals surface area (Å²) in [6, 6.07) is 5.82. The number of pyridine rings is 1. The Kier molecular flexibility index (Phi) is 5.76. The van der Waals surface area contributed by atoms with Crippen LogP contribution >= 0.6 is 0 Å². The van der Waals surface area contributed by atoms with Crippen LogP contribution < -0.4 is 5.32 Å². The molecule has 1 N–H and O–H groups in total. The molecule has 102 valence electrons. The lowest BCUT2D eigenvalue weighted by Gasteiger charge is -2.26. The molecule has 0 saturated carbocycles. The number of aromatic nitrogens is 1. The Balaban J connectivity index is 1.59. The van der Waals surface area contributed by atoms with Gasteiger partial charge in [0.1, 0.15) is 11.8 Å². The first-order valence-electron chi connectivity index (χ1n) is 6.74. The van der Waals surface area contributed by atoms with Crippen LogP contribution in [0.15, 0.2) is 18.3 Å². The number of nitrogens with one attached hydrogen (secondary N) is 1. The van der Waals surface area contributed by atoms with Crippen LogP contribution in [-0.2, 0) is 11.3 Å². The largest absolute Gasteiger partial charge is 0.379 e. The normalized spacial score (nSPS) is 16.2. The van der Waals surface area contributed by atoms with Crippen LogP contribution in [0.1, 0.15) is 17.7 Å². The van der Waals surface area contributed by atoms with Gasteiger partial charge in [-0.3, -0.25) is 4.90 Å². The minimum Gasteiger partial charge on any atom is -0.379 e. The van der Waals surface area contributed by atoms with Gasteiger partial charge in [-0.15, -0.1) is 0 Å². The summed E-state index contributed by atoms with van der Waals surface area (Å²) in [4.78, 5) is 6.39. The summed E-state index contributed by atoms with van der Waals surface area (Å²) < 4.78 is 5.32. The van der Waals surface area contributed by atoms with Crippen molar-refractivity contribution in [2.45, 2.75) is 13.0 Å². The van der Waals surface area contributed by atoms with Crippen molar-refractivity contribution in [3.8, 4) is 6.07 Å². The summed E-state index contributed by atoms with van der Waals surface area (Å²) in [5, 5.41) is 12.2. The van der Waals surface area contributed by atoms with Crippen LogP contribution in [0.3, 0.4) is 0 Å². The van der Waals surface area contributed by atoms with E-state index in [-0.39, 0.29) is 0 Å². The lowest BCUT2D eigenvalue weighted by molar-refractivity contribution is 0.0374. The third-order valence-corrected chi connectivity index (χ3v) is 3.20. The van der Waals surface area contributed by atoms with Gasteiger partial charge < -0.3 is 10.1 Å². The Morgan fingerprint density at radius 2 is 2.26 bits per heavy atom. The Bertz CT molecular complexity index is 424. The molecule has 1 aliphatic rings. The predicted octanol–water partition coefficient (Wildman–Crippen LogP) is 0.765. The molecule has 5 heteroatoms. The molecule has 1 aliphatic heterocycles. The van der Waals surface area contributed by atoms with Gasteiger partial charge in [0.15, 0.2) is 0 Å². The van der Waals surface area contributed by atoms with Crippen molar-refractivity contribution in [2.75, 3.05) is 39.4 Å².